The van der Waals surface area contributed by atoms with E-state index in [1.54, 1.807) is 42.6 Å². The van der Waals surface area contributed by atoms with Crippen LogP contribution in [-0.4, -0.2) is 22.2 Å². The number of nitrogens with one attached hydrogen (secondary N) is 1. The Hall–Kier alpha value is -3.21. The molecule has 1 heterocycles. The molecule has 108 valence electrons. The predicted molar refractivity (Wildman–Crippen MR) is 84.9 cm³/mol. The molecule has 0 aliphatic carbocycles. The molecule has 3 rings (SSSR count). The van der Waals surface area contributed by atoms with Crippen molar-refractivity contribution in [2.75, 3.05) is 0 Å². The molecule has 0 aliphatic rings. The van der Waals surface area contributed by atoms with Gasteiger partial charge in [0.2, 0.25) is 0 Å². The molecular weight excluding hydrogens is 278 g/mol. The number of benzene rings is 2. The van der Waals surface area contributed by atoms with Gasteiger partial charge in [-0.1, -0.05) is 24.3 Å². The van der Waals surface area contributed by atoms with Crippen LogP contribution in [0.15, 0.2) is 65.9 Å². The molecule has 22 heavy (non-hydrogen) atoms. The van der Waals surface area contributed by atoms with Crippen molar-refractivity contribution < 1.29 is 9.90 Å². The Morgan fingerprint density at radius 3 is 2.73 bits per heavy atom. The minimum Gasteiger partial charge on any atom is -0.507 e. The highest BCUT2D eigenvalue weighted by Crippen LogP contribution is 2.23. The van der Waals surface area contributed by atoms with Crippen LogP contribution >= 0.6 is 0 Å². The van der Waals surface area contributed by atoms with Crippen LogP contribution in [0.25, 0.3) is 10.9 Å². The summed E-state index contributed by atoms with van der Waals surface area (Å²) in [5.74, 6) is -0.256. The number of hydrogen-bond acceptors (Lipinski definition) is 4. The molecule has 0 saturated heterocycles. The van der Waals surface area contributed by atoms with Crippen LogP contribution in [0.2, 0.25) is 0 Å². The fraction of sp³-hybridized carbons (Fsp3) is 0. The van der Waals surface area contributed by atoms with Crippen LogP contribution in [0.5, 0.6) is 5.75 Å². The van der Waals surface area contributed by atoms with E-state index >= 15 is 0 Å². The maximum absolute atomic E-state index is 11.9. The van der Waals surface area contributed by atoms with Gasteiger partial charge in [-0.15, -0.1) is 0 Å². The number of hydrogen-bond donors (Lipinski definition) is 2. The number of phenols is 1. The predicted octanol–water partition coefficient (Wildman–Crippen LogP) is 2.70. The first-order chi connectivity index (χ1) is 10.8. The maximum Gasteiger partial charge on any atom is 0.271 e. The van der Waals surface area contributed by atoms with Crippen molar-refractivity contribution in [2.45, 2.75) is 0 Å². The maximum atomic E-state index is 11.9. The number of nitrogens with zero attached hydrogens (tertiary/aromatic N) is 2. The molecule has 0 radical (unpaired) electrons. The Bertz CT molecular complexity index is 845. The lowest BCUT2D eigenvalue weighted by Crippen LogP contribution is -2.17. The molecule has 0 unspecified atom stereocenters. The second-order valence-electron chi connectivity index (χ2n) is 4.64. The number of phenolic OH excluding ortho intramolecular Hbond substituents is 1. The zero-order valence-corrected chi connectivity index (χ0v) is 11.6. The molecule has 0 atom stereocenters. The average molecular weight is 291 g/mol. The van der Waals surface area contributed by atoms with Crippen molar-refractivity contribution in [3.8, 4) is 5.75 Å². The summed E-state index contributed by atoms with van der Waals surface area (Å²) in [6.45, 7) is 0. The smallest absolute Gasteiger partial charge is 0.271 e. The molecule has 2 aromatic carbocycles. The number of fused-ring (bicyclic) bond motifs is 1. The van der Waals surface area contributed by atoms with Crippen LogP contribution in [0.3, 0.4) is 0 Å². The van der Waals surface area contributed by atoms with Crippen molar-refractivity contribution in [1.29, 1.82) is 0 Å². The zero-order chi connectivity index (χ0) is 15.4. The number of hydrazone groups is 1. The van der Waals surface area contributed by atoms with Crippen molar-refractivity contribution >= 4 is 23.0 Å². The van der Waals surface area contributed by atoms with Gasteiger partial charge < -0.3 is 5.11 Å². The molecule has 3 aromatic rings. The SMILES string of the molecule is O=C(N/N=C/c1c(O)ccc2cccnc12)c1ccccc1. The molecule has 2 N–H and O–H groups in total. The molecule has 0 bridgehead atoms. The van der Waals surface area contributed by atoms with Gasteiger partial charge in [0.1, 0.15) is 5.75 Å². The van der Waals surface area contributed by atoms with Gasteiger partial charge in [-0.25, -0.2) is 5.43 Å². The van der Waals surface area contributed by atoms with E-state index < -0.39 is 0 Å². The number of aromatic hydroxyl groups is 1. The summed E-state index contributed by atoms with van der Waals surface area (Å²) in [7, 11) is 0. The summed E-state index contributed by atoms with van der Waals surface area (Å²) < 4.78 is 0. The van der Waals surface area contributed by atoms with E-state index in [9.17, 15) is 9.90 Å². The standard InChI is InChI=1S/C17H13N3O2/c21-15-9-8-12-7-4-10-18-16(12)14(15)11-19-20-17(22)13-5-2-1-3-6-13/h1-11,21H,(H,20,22)/b19-11+. The minimum absolute atomic E-state index is 0.0592. The van der Waals surface area contributed by atoms with Crippen LogP contribution in [0, 0.1) is 0 Å². The lowest BCUT2D eigenvalue weighted by atomic mass is 10.1. The molecule has 0 saturated carbocycles. The Labute approximate surface area is 126 Å². The highest BCUT2D eigenvalue weighted by atomic mass is 16.3. The van der Waals surface area contributed by atoms with E-state index in [0.29, 0.717) is 16.6 Å². The van der Waals surface area contributed by atoms with Crippen molar-refractivity contribution in [1.82, 2.24) is 10.4 Å². The van der Waals surface area contributed by atoms with E-state index in [0.717, 1.165) is 5.39 Å². The Kier molecular flexibility index (Phi) is 3.78. The third-order valence-corrected chi connectivity index (χ3v) is 3.19. The van der Waals surface area contributed by atoms with Crippen LogP contribution in [-0.2, 0) is 0 Å². The summed E-state index contributed by atoms with van der Waals surface area (Å²) in [6, 6.07) is 15.8. The summed E-state index contributed by atoms with van der Waals surface area (Å²) in [5, 5.41) is 14.7. The van der Waals surface area contributed by atoms with Crippen LogP contribution in [0.4, 0.5) is 0 Å². The molecule has 0 spiro atoms. The summed E-state index contributed by atoms with van der Waals surface area (Å²) in [5.41, 5.74) is 4.03. The fourth-order valence-electron chi connectivity index (χ4n) is 2.09. The molecule has 0 aliphatic heterocycles. The fourth-order valence-corrected chi connectivity index (χ4v) is 2.09. The van der Waals surface area contributed by atoms with Gasteiger partial charge >= 0.3 is 0 Å². The summed E-state index contributed by atoms with van der Waals surface area (Å²) in [6.07, 6.45) is 3.03. The van der Waals surface area contributed by atoms with E-state index in [-0.39, 0.29) is 11.7 Å². The molecule has 1 aromatic heterocycles. The second-order valence-corrected chi connectivity index (χ2v) is 4.64. The number of pyridine rings is 1. The van der Waals surface area contributed by atoms with Gasteiger partial charge in [0.25, 0.3) is 5.91 Å². The number of rotatable bonds is 3. The van der Waals surface area contributed by atoms with Gasteiger partial charge in [-0.05, 0) is 30.3 Å². The lowest BCUT2D eigenvalue weighted by molar-refractivity contribution is 0.0955. The van der Waals surface area contributed by atoms with Gasteiger partial charge in [0.15, 0.2) is 0 Å². The monoisotopic (exact) mass is 291 g/mol. The number of carbonyl (C=O) groups excluding carboxylic acids is 1. The van der Waals surface area contributed by atoms with Crippen molar-refractivity contribution in [3.05, 3.63) is 71.9 Å². The van der Waals surface area contributed by atoms with E-state index in [1.807, 2.05) is 18.2 Å². The molecule has 5 heteroatoms. The van der Waals surface area contributed by atoms with Gasteiger partial charge in [-0.2, -0.15) is 5.10 Å². The third-order valence-electron chi connectivity index (χ3n) is 3.19. The highest BCUT2D eigenvalue weighted by molar-refractivity contribution is 6.01. The topological polar surface area (TPSA) is 74.6 Å². The van der Waals surface area contributed by atoms with E-state index in [1.165, 1.54) is 6.21 Å². The Balaban J connectivity index is 1.84. The van der Waals surface area contributed by atoms with E-state index in [4.69, 9.17) is 0 Å². The number of aromatic nitrogens is 1. The lowest BCUT2D eigenvalue weighted by Gasteiger charge is -2.04. The minimum atomic E-state index is -0.315. The summed E-state index contributed by atoms with van der Waals surface area (Å²) in [4.78, 5) is 16.1. The average Bonchev–Trinajstić information content (AvgIpc) is 2.57. The molecule has 5 nitrogen and oxygen atoms in total. The normalized spacial score (nSPS) is 10.9. The third kappa shape index (κ3) is 2.78. The second kappa shape index (κ2) is 6.05. The Morgan fingerprint density at radius 1 is 1.09 bits per heavy atom. The first kappa shape index (κ1) is 13.8. The first-order valence-corrected chi connectivity index (χ1v) is 6.71. The van der Waals surface area contributed by atoms with Crippen LogP contribution in [0.1, 0.15) is 15.9 Å². The first-order valence-electron chi connectivity index (χ1n) is 6.71. The molecular formula is C17H13N3O2. The Morgan fingerprint density at radius 2 is 1.91 bits per heavy atom. The van der Waals surface area contributed by atoms with Gasteiger partial charge in [0.05, 0.1) is 17.3 Å². The summed E-state index contributed by atoms with van der Waals surface area (Å²) >= 11 is 0. The largest absolute Gasteiger partial charge is 0.507 e. The zero-order valence-electron chi connectivity index (χ0n) is 11.6. The van der Waals surface area contributed by atoms with Gasteiger partial charge in [-0.3, -0.25) is 9.78 Å². The van der Waals surface area contributed by atoms with Gasteiger partial charge in [0, 0.05) is 17.1 Å². The number of carbonyl (C=O) groups is 1. The highest BCUT2D eigenvalue weighted by Gasteiger charge is 2.06. The van der Waals surface area contributed by atoms with Crippen molar-refractivity contribution in [3.63, 3.8) is 0 Å². The quantitative estimate of drug-likeness (QED) is 0.575. The molecule has 1 amide bonds. The molecule has 0 fully saturated rings. The van der Waals surface area contributed by atoms with E-state index in [2.05, 4.69) is 15.5 Å². The van der Waals surface area contributed by atoms with Crippen LogP contribution < -0.4 is 5.43 Å². The van der Waals surface area contributed by atoms with Crippen molar-refractivity contribution in [2.24, 2.45) is 5.10 Å². The number of amides is 1.